The summed E-state index contributed by atoms with van der Waals surface area (Å²) in [7, 11) is -3.77. The Morgan fingerprint density at radius 3 is 2.62 bits per heavy atom. The smallest absolute Gasteiger partial charge is 0.337 e. The average Bonchev–Trinajstić information content (AvgIpc) is 2.92. The van der Waals surface area contributed by atoms with Crippen LogP contribution in [0.2, 0.25) is 0 Å². The van der Waals surface area contributed by atoms with Gasteiger partial charge in [-0.1, -0.05) is 18.2 Å². The summed E-state index contributed by atoms with van der Waals surface area (Å²) < 4.78 is 26.5. The fourth-order valence-electron chi connectivity index (χ4n) is 2.33. The van der Waals surface area contributed by atoms with Crippen molar-refractivity contribution in [3.63, 3.8) is 0 Å². The van der Waals surface area contributed by atoms with E-state index < -0.39 is 16.0 Å². The monoisotopic (exact) mass is 304 g/mol. The summed E-state index contributed by atoms with van der Waals surface area (Å²) in [5.74, 6) is -1.14. The van der Waals surface area contributed by atoms with Crippen LogP contribution < -0.4 is 4.31 Å². The van der Waals surface area contributed by atoms with Crippen molar-refractivity contribution >= 4 is 21.7 Å². The van der Waals surface area contributed by atoms with E-state index in [1.165, 1.54) is 16.4 Å². The summed E-state index contributed by atoms with van der Waals surface area (Å²) in [5, 5.41) is 8.67. The average molecular weight is 304 g/mol. The summed E-state index contributed by atoms with van der Waals surface area (Å²) in [5.41, 5.74) is 1.58. The summed E-state index contributed by atoms with van der Waals surface area (Å²) in [6, 6.07) is 9.77. The van der Waals surface area contributed by atoms with Gasteiger partial charge in [-0.2, -0.15) is 8.42 Å². The van der Waals surface area contributed by atoms with E-state index in [1.807, 2.05) is 12.1 Å². The van der Waals surface area contributed by atoms with E-state index in [-0.39, 0.29) is 10.6 Å². The highest BCUT2D eigenvalue weighted by Gasteiger charge is 2.31. The molecule has 1 aromatic heterocycles. The van der Waals surface area contributed by atoms with Gasteiger partial charge in [-0.3, -0.25) is 4.31 Å². The standard InChI is InChI=1S/C14H12N2O4S/c17-14(18)11-5-6-13(15-9-11)21(19,20)16-8-7-10-3-1-2-4-12(10)16/h1-6,9H,7-8H2,(H,17,18). The van der Waals surface area contributed by atoms with Gasteiger partial charge in [0.05, 0.1) is 11.3 Å². The maximum Gasteiger partial charge on any atom is 0.337 e. The van der Waals surface area contributed by atoms with Gasteiger partial charge >= 0.3 is 5.97 Å². The van der Waals surface area contributed by atoms with Gasteiger partial charge in [-0.25, -0.2) is 9.78 Å². The molecule has 7 heteroatoms. The fourth-order valence-corrected chi connectivity index (χ4v) is 3.75. The third-order valence-corrected chi connectivity index (χ3v) is 5.11. The summed E-state index contributed by atoms with van der Waals surface area (Å²) in [6.07, 6.45) is 1.71. The number of para-hydroxylation sites is 1. The maximum atomic E-state index is 12.6. The highest BCUT2D eigenvalue weighted by Crippen LogP contribution is 2.31. The van der Waals surface area contributed by atoms with Crippen LogP contribution in [0.25, 0.3) is 0 Å². The predicted octanol–water partition coefficient (Wildman–Crippen LogP) is 1.53. The lowest BCUT2D eigenvalue weighted by Crippen LogP contribution is -2.29. The van der Waals surface area contributed by atoms with Crippen molar-refractivity contribution in [1.82, 2.24) is 4.98 Å². The molecular weight excluding hydrogens is 292 g/mol. The van der Waals surface area contributed by atoms with Crippen LogP contribution in [-0.4, -0.2) is 31.0 Å². The molecule has 21 heavy (non-hydrogen) atoms. The molecular formula is C14H12N2O4S. The number of hydrogen-bond acceptors (Lipinski definition) is 4. The van der Waals surface area contributed by atoms with Crippen LogP contribution in [0.15, 0.2) is 47.6 Å². The van der Waals surface area contributed by atoms with E-state index in [9.17, 15) is 13.2 Å². The molecule has 0 radical (unpaired) electrons. The number of anilines is 1. The van der Waals surface area contributed by atoms with E-state index in [1.54, 1.807) is 12.1 Å². The van der Waals surface area contributed by atoms with Gasteiger partial charge in [-0.15, -0.1) is 0 Å². The molecule has 0 amide bonds. The zero-order chi connectivity index (χ0) is 15.0. The van der Waals surface area contributed by atoms with Gasteiger partial charge < -0.3 is 5.11 Å². The molecule has 1 aliphatic heterocycles. The Morgan fingerprint density at radius 1 is 1.19 bits per heavy atom. The molecule has 0 saturated heterocycles. The first-order valence-electron chi connectivity index (χ1n) is 6.30. The maximum absolute atomic E-state index is 12.6. The number of aromatic carboxylic acids is 1. The van der Waals surface area contributed by atoms with Crippen molar-refractivity contribution in [1.29, 1.82) is 0 Å². The number of aromatic nitrogens is 1. The van der Waals surface area contributed by atoms with E-state index in [2.05, 4.69) is 4.98 Å². The number of nitrogens with zero attached hydrogens (tertiary/aromatic N) is 2. The summed E-state index contributed by atoms with van der Waals surface area (Å²) in [4.78, 5) is 14.6. The first-order valence-corrected chi connectivity index (χ1v) is 7.74. The van der Waals surface area contributed by atoms with Gasteiger partial charge in [0.2, 0.25) is 0 Å². The first-order chi connectivity index (χ1) is 10.00. The molecule has 1 N–H and O–H groups in total. The number of hydrogen-bond donors (Lipinski definition) is 1. The van der Waals surface area contributed by atoms with E-state index in [0.717, 1.165) is 11.8 Å². The second-order valence-electron chi connectivity index (χ2n) is 4.65. The second kappa shape index (κ2) is 4.85. The minimum absolute atomic E-state index is 0.0456. The van der Waals surface area contributed by atoms with Crippen LogP contribution in [0.4, 0.5) is 5.69 Å². The minimum atomic E-state index is -3.77. The molecule has 108 valence electrons. The van der Waals surface area contributed by atoms with Crippen LogP contribution in [0.3, 0.4) is 0 Å². The Balaban J connectivity index is 2.00. The SMILES string of the molecule is O=C(O)c1ccc(S(=O)(=O)N2CCc3ccccc32)nc1. The highest BCUT2D eigenvalue weighted by atomic mass is 32.2. The number of pyridine rings is 1. The Kier molecular flexibility index (Phi) is 3.13. The van der Waals surface area contributed by atoms with E-state index >= 15 is 0 Å². The zero-order valence-corrected chi connectivity index (χ0v) is 11.7. The van der Waals surface area contributed by atoms with Crippen LogP contribution in [-0.2, 0) is 16.4 Å². The van der Waals surface area contributed by atoms with Gasteiger partial charge in [-0.05, 0) is 30.2 Å². The summed E-state index contributed by atoms with van der Waals surface area (Å²) in [6.45, 7) is 0.365. The Labute approximate surface area is 121 Å². The number of carbonyl (C=O) groups is 1. The molecule has 1 aliphatic rings. The number of sulfonamides is 1. The number of rotatable bonds is 3. The van der Waals surface area contributed by atoms with Crippen molar-refractivity contribution in [2.75, 3.05) is 10.8 Å². The second-order valence-corrected chi connectivity index (χ2v) is 6.46. The van der Waals surface area contributed by atoms with Crippen LogP contribution in [0.5, 0.6) is 0 Å². The van der Waals surface area contributed by atoms with Crippen LogP contribution >= 0.6 is 0 Å². The molecule has 0 bridgehead atoms. The lowest BCUT2D eigenvalue weighted by Gasteiger charge is -2.18. The minimum Gasteiger partial charge on any atom is -0.478 e. The molecule has 3 rings (SSSR count). The predicted molar refractivity (Wildman–Crippen MR) is 75.9 cm³/mol. The fraction of sp³-hybridized carbons (Fsp3) is 0.143. The Hall–Kier alpha value is -2.41. The third-order valence-electron chi connectivity index (χ3n) is 3.38. The van der Waals surface area contributed by atoms with Crippen molar-refractivity contribution in [3.05, 3.63) is 53.7 Å². The largest absolute Gasteiger partial charge is 0.478 e. The lowest BCUT2D eigenvalue weighted by molar-refractivity contribution is 0.0696. The molecule has 1 aromatic carbocycles. The van der Waals surface area contributed by atoms with Crippen molar-refractivity contribution in [2.24, 2.45) is 0 Å². The van der Waals surface area contributed by atoms with E-state index in [0.29, 0.717) is 18.7 Å². The number of carboxylic acids is 1. The van der Waals surface area contributed by atoms with E-state index in [4.69, 9.17) is 5.11 Å². The molecule has 6 nitrogen and oxygen atoms in total. The highest BCUT2D eigenvalue weighted by molar-refractivity contribution is 7.92. The van der Waals surface area contributed by atoms with Crippen molar-refractivity contribution in [2.45, 2.75) is 11.4 Å². The quantitative estimate of drug-likeness (QED) is 0.929. The normalized spacial score (nSPS) is 14.0. The molecule has 0 spiro atoms. The van der Waals surface area contributed by atoms with Crippen LogP contribution in [0, 0.1) is 0 Å². The zero-order valence-electron chi connectivity index (χ0n) is 10.9. The number of fused-ring (bicyclic) bond motifs is 1. The van der Waals surface area contributed by atoms with Gasteiger partial charge in [0.25, 0.3) is 10.0 Å². The van der Waals surface area contributed by atoms with Gasteiger partial charge in [0.15, 0.2) is 5.03 Å². The Bertz CT molecular complexity index is 800. The third kappa shape index (κ3) is 2.25. The molecule has 2 aromatic rings. The molecule has 0 saturated carbocycles. The molecule has 0 atom stereocenters. The van der Waals surface area contributed by atoms with Crippen LogP contribution in [0.1, 0.15) is 15.9 Å². The topological polar surface area (TPSA) is 87.6 Å². The number of benzene rings is 1. The first kappa shape index (κ1) is 13.6. The van der Waals surface area contributed by atoms with Gasteiger partial charge in [0, 0.05) is 12.7 Å². The van der Waals surface area contributed by atoms with Crippen molar-refractivity contribution in [3.8, 4) is 0 Å². The van der Waals surface area contributed by atoms with Gasteiger partial charge in [0.1, 0.15) is 0 Å². The van der Waals surface area contributed by atoms with Crippen molar-refractivity contribution < 1.29 is 18.3 Å². The molecule has 0 unspecified atom stereocenters. The lowest BCUT2D eigenvalue weighted by atomic mass is 10.2. The molecule has 0 aliphatic carbocycles. The molecule has 0 fully saturated rings. The molecule has 2 heterocycles. The Morgan fingerprint density at radius 2 is 1.95 bits per heavy atom. The number of carboxylic acid groups (broad SMARTS) is 1. The summed E-state index contributed by atoms with van der Waals surface area (Å²) >= 11 is 0.